The Labute approximate surface area is 126 Å². The van der Waals surface area contributed by atoms with Gasteiger partial charge in [0.05, 0.1) is 7.11 Å². The molecular formula is C16H26BrNO. The summed E-state index contributed by atoms with van der Waals surface area (Å²) in [7, 11) is 1.76. The van der Waals surface area contributed by atoms with Crippen LogP contribution < -0.4 is 10.1 Å². The zero-order chi connectivity index (χ0) is 14.6. The second-order valence-corrected chi connectivity index (χ2v) is 6.28. The maximum atomic E-state index is 5.66. The summed E-state index contributed by atoms with van der Waals surface area (Å²) in [6.45, 7) is 12.0. The van der Waals surface area contributed by atoms with Crippen molar-refractivity contribution in [3.05, 3.63) is 27.2 Å². The molecule has 2 nitrogen and oxygen atoms in total. The van der Waals surface area contributed by atoms with E-state index < -0.39 is 0 Å². The third-order valence-corrected chi connectivity index (χ3v) is 4.33. The number of hydrogen-bond donors (Lipinski definition) is 1. The van der Waals surface area contributed by atoms with E-state index in [1.54, 1.807) is 7.11 Å². The van der Waals surface area contributed by atoms with Crippen molar-refractivity contribution in [2.24, 2.45) is 5.92 Å². The van der Waals surface area contributed by atoms with Crippen molar-refractivity contribution in [3.8, 4) is 5.75 Å². The average Bonchev–Trinajstić information content (AvgIpc) is 2.35. The summed E-state index contributed by atoms with van der Waals surface area (Å²) in [5.41, 5.74) is 3.74. The molecule has 0 saturated carbocycles. The van der Waals surface area contributed by atoms with Crippen molar-refractivity contribution >= 4 is 15.9 Å². The second kappa shape index (κ2) is 7.30. The van der Waals surface area contributed by atoms with Crippen LogP contribution in [0.25, 0.3) is 0 Å². The van der Waals surface area contributed by atoms with Gasteiger partial charge in [0, 0.05) is 16.1 Å². The molecule has 0 heterocycles. The number of benzene rings is 1. The number of nitrogens with one attached hydrogen (secondary N) is 1. The number of ether oxygens (including phenoxy) is 1. The van der Waals surface area contributed by atoms with E-state index in [1.165, 1.54) is 16.7 Å². The quantitative estimate of drug-likeness (QED) is 0.812. The fourth-order valence-electron chi connectivity index (χ4n) is 2.49. The van der Waals surface area contributed by atoms with E-state index in [0.29, 0.717) is 12.0 Å². The molecule has 1 rings (SSSR count). The van der Waals surface area contributed by atoms with E-state index in [-0.39, 0.29) is 0 Å². The minimum absolute atomic E-state index is 0.325. The number of rotatable bonds is 6. The Kier molecular flexibility index (Phi) is 6.34. The van der Waals surface area contributed by atoms with Crippen molar-refractivity contribution in [1.82, 2.24) is 5.32 Å². The normalized spacial score (nSPS) is 12.8. The first-order valence-electron chi connectivity index (χ1n) is 7.00. The molecule has 1 N–H and O–H groups in total. The molecule has 0 aliphatic rings. The lowest BCUT2D eigenvalue weighted by Crippen LogP contribution is -2.28. The van der Waals surface area contributed by atoms with Crippen LogP contribution >= 0.6 is 15.9 Å². The average molecular weight is 328 g/mol. The first kappa shape index (κ1) is 16.5. The first-order chi connectivity index (χ1) is 8.93. The Morgan fingerprint density at radius 3 is 2.42 bits per heavy atom. The third kappa shape index (κ3) is 3.73. The monoisotopic (exact) mass is 327 g/mol. The van der Waals surface area contributed by atoms with Crippen LogP contribution in [-0.2, 0) is 0 Å². The molecule has 1 aromatic rings. The van der Waals surface area contributed by atoms with E-state index in [1.807, 2.05) is 0 Å². The van der Waals surface area contributed by atoms with Crippen molar-refractivity contribution in [1.29, 1.82) is 0 Å². The van der Waals surface area contributed by atoms with Gasteiger partial charge in [-0.05, 0) is 49.9 Å². The molecule has 0 aliphatic carbocycles. The van der Waals surface area contributed by atoms with E-state index in [0.717, 1.165) is 23.2 Å². The Morgan fingerprint density at radius 1 is 1.32 bits per heavy atom. The Morgan fingerprint density at radius 2 is 1.95 bits per heavy atom. The molecule has 0 saturated heterocycles. The van der Waals surface area contributed by atoms with Crippen LogP contribution in [0.4, 0.5) is 0 Å². The highest BCUT2D eigenvalue weighted by molar-refractivity contribution is 9.10. The predicted octanol–water partition coefficient (Wildman–Crippen LogP) is 4.77. The van der Waals surface area contributed by atoms with Crippen LogP contribution in [0.3, 0.4) is 0 Å². The SMILES string of the molecule is CCCNC(c1c(C)c(Br)cc(C)c1OC)C(C)C. The molecule has 3 heteroatoms. The molecular weight excluding hydrogens is 302 g/mol. The lowest BCUT2D eigenvalue weighted by molar-refractivity contribution is 0.367. The van der Waals surface area contributed by atoms with Gasteiger partial charge in [-0.2, -0.15) is 0 Å². The summed E-state index contributed by atoms with van der Waals surface area (Å²) in [6, 6.07) is 2.46. The van der Waals surface area contributed by atoms with Gasteiger partial charge in [-0.25, -0.2) is 0 Å². The topological polar surface area (TPSA) is 21.3 Å². The predicted molar refractivity (Wildman–Crippen MR) is 86.0 cm³/mol. The number of methoxy groups -OCH3 is 1. The van der Waals surface area contributed by atoms with Gasteiger partial charge in [-0.3, -0.25) is 0 Å². The largest absolute Gasteiger partial charge is 0.496 e. The molecule has 19 heavy (non-hydrogen) atoms. The Bertz CT molecular complexity index is 429. The van der Waals surface area contributed by atoms with Crippen molar-refractivity contribution in [3.63, 3.8) is 0 Å². The summed E-state index contributed by atoms with van der Waals surface area (Å²) >= 11 is 3.66. The first-order valence-corrected chi connectivity index (χ1v) is 7.80. The van der Waals surface area contributed by atoms with E-state index in [4.69, 9.17) is 4.74 Å². The van der Waals surface area contributed by atoms with Crippen LogP contribution in [0, 0.1) is 19.8 Å². The molecule has 108 valence electrons. The summed E-state index contributed by atoms with van der Waals surface area (Å²) < 4.78 is 6.82. The summed E-state index contributed by atoms with van der Waals surface area (Å²) in [5, 5.41) is 3.65. The van der Waals surface area contributed by atoms with E-state index in [9.17, 15) is 0 Å². The van der Waals surface area contributed by atoms with Crippen LogP contribution in [0.15, 0.2) is 10.5 Å². The second-order valence-electron chi connectivity index (χ2n) is 5.42. The van der Waals surface area contributed by atoms with Gasteiger partial charge in [-0.15, -0.1) is 0 Å². The fourth-order valence-corrected chi connectivity index (χ4v) is 3.05. The van der Waals surface area contributed by atoms with E-state index >= 15 is 0 Å². The molecule has 1 atom stereocenters. The molecule has 0 radical (unpaired) electrons. The number of halogens is 1. The van der Waals surface area contributed by atoms with Gasteiger partial charge in [0.1, 0.15) is 5.75 Å². The minimum Gasteiger partial charge on any atom is -0.496 e. The molecule has 0 aromatic heterocycles. The van der Waals surface area contributed by atoms with Crippen LogP contribution in [0.5, 0.6) is 5.75 Å². The minimum atomic E-state index is 0.325. The Hall–Kier alpha value is -0.540. The molecule has 1 unspecified atom stereocenters. The van der Waals surface area contributed by atoms with Crippen LogP contribution in [0.1, 0.15) is 49.9 Å². The van der Waals surface area contributed by atoms with Crippen molar-refractivity contribution < 1.29 is 4.74 Å². The van der Waals surface area contributed by atoms with Crippen molar-refractivity contribution in [2.45, 2.75) is 47.1 Å². The fraction of sp³-hybridized carbons (Fsp3) is 0.625. The van der Waals surface area contributed by atoms with E-state index in [2.05, 4.69) is 61.9 Å². The zero-order valence-electron chi connectivity index (χ0n) is 12.9. The van der Waals surface area contributed by atoms with Crippen LogP contribution in [0.2, 0.25) is 0 Å². The lowest BCUT2D eigenvalue weighted by atomic mass is 9.90. The summed E-state index contributed by atoms with van der Waals surface area (Å²) in [5.74, 6) is 1.54. The Balaban J connectivity index is 3.34. The zero-order valence-corrected chi connectivity index (χ0v) is 14.5. The standard InChI is InChI=1S/C16H26BrNO/c1-7-8-18-15(10(2)3)14-12(5)13(17)9-11(4)16(14)19-6/h9-10,15,18H,7-8H2,1-6H3. The van der Waals surface area contributed by atoms with Gasteiger partial charge in [0.15, 0.2) is 0 Å². The summed E-state index contributed by atoms with van der Waals surface area (Å²) in [6.07, 6.45) is 1.14. The molecule has 0 amide bonds. The van der Waals surface area contributed by atoms with Gasteiger partial charge in [0.2, 0.25) is 0 Å². The number of aryl methyl sites for hydroxylation is 1. The lowest BCUT2D eigenvalue weighted by Gasteiger charge is -2.28. The van der Waals surface area contributed by atoms with Crippen LogP contribution in [-0.4, -0.2) is 13.7 Å². The highest BCUT2D eigenvalue weighted by Gasteiger charge is 2.23. The van der Waals surface area contributed by atoms with Gasteiger partial charge in [0.25, 0.3) is 0 Å². The highest BCUT2D eigenvalue weighted by atomic mass is 79.9. The third-order valence-electron chi connectivity index (χ3n) is 3.50. The van der Waals surface area contributed by atoms with Crippen molar-refractivity contribution in [2.75, 3.05) is 13.7 Å². The summed E-state index contributed by atoms with van der Waals surface area (Å²) in [4.78, 5) is 0. The van der Waals surface area contributed by atoms with Gasteiger partial charge >= 0.3 is 0 Å². The van der Waals surface area contributed by atoms with Gasteiger partial charge < -0.3 is 10.1 Å². The highest BCUT2D eigenvalue weighted by Crippen LogP contribution is 2.38. The molecule has 0 spiro atoms. The molecule has 0 aliphatic heterocycles. The number of hydrogen-bond acceptors (Lipinski definition) is 2. The maximum absolute atomic E-state index is 5.66. The molecule has 0 fully saturated rings. The van der Waals surface area contributed by atoms with Gasteiger partial charge in [-0.1, -0.05) is 36.7 Å². The maximum Gasteiger partial charge on any atom is 0.126 e. The smallest absolute Gasteiger partial charge is 0.126 e. The molecule has 0 bridgehead atoms. The molecule has 1 aromatic carbocycles.